The van der Waals surface area contributed by atoms with Gasteiger partial charge in [-0.25, -0.2) is 0 Å². The van der Waals surface area contributed by atoms with E-state index in [9.17, 15) is 4.79 Å². The van der Waals surface area contributed by atoms with Gasteiger partial charge in [-0.2, -0.15) is 0 Å². The molecule has 0 spiro atoms. The molecule has 2 N–H and O–H groups in total. The fourth-order valence-electron chi connectivity index (χ4n) is 3.88. The number of rotatable bonds is 5. The molecular formula is C26H27N3O2S. The Morgan fingerprint density at radius 3 is 2.50 bits per heavy atom. The lowest BCUT2D eigenvalue weighted by atomic mass is 10.0. The number of thiocarbonyl (C=S) groups is 1. The normalized spacial score (nSPS) is 11.0. The van der Waals surface area contributed by atoms with Gasteiger partial charge in [-0.05, 0) is 80.9 Å². The molecule has 0 aliphatic rings. The Morgan fingerprint density at radius 1 is 1.00 bits per heavy atom. The van der Waals surface area contributed by atoms with E-state index in [4.69, 9.17) is 16.6 Å². The molecule has 0 saturated carbocycles. The Hall–Kier alpha value is -3.38. The van der Waals surface area contributed by atoms with Crippen molar-refractivity contribution >= 4 is 33.9 Å². The zero-order valence-electron chi connectivity index (χ0n) is 18.8. The summed E-state index contributed by atoms with van der Waals surface area (Å²) in [5.74, 6) is 0.777. The van der Waals surface area contributed by atoms with E-state index in [0.717, 1.165) is 39.0 Å². The van der Waals surface area contributed by atoms with Crippen LogP contribution in [-0.4, -0.2) is 15.0 Å². The van der Waals surface area contributed by atoms with Crippen molar-refractivity contribution in [3.8, 4) is 0 Å². The molecule has 0 aliphatic carbocycles. The van der Waals surface area contributed by atoms with E-state index >= 15 is 0 Å². The molecule has 4 aromatic rings. The van der Waals surface area contributed by atoms with Gasteiger partial charge in [0.1, 0.15) is 5.76 Å². The molecule has 0 amide bonds. The number of nitrogens with zero attached hydrogens (tertiary/aromatic N) is 1. The first kappa shape index (κ1) is 21.8. The van der Waals surface area contributed by atoms with Crippen LogP contribution < -0.4 is 10.9 Å². The number of hydrogen-bond donors (Lipinski definition) is 2. The first-order valence-corrected chi connectivity index (χ1v) is 11.0. The number of pyridine rings is 1. The van der Waals surface area contributed by atoms with Crippen LogP contribution in [0.5, 0.6) is 0 Å². The third kappa shape index (κ3) is 4.60. The SMILES string of the molecule is Cc1ccc(NC(=S)N(Cc2ccco2)Cc2cc3c(C)ccc(C)c3[nH]c2=O)c(C)c1. The second-order valence-electron chi connectivity index (χ2n) is 8.30. The minimum atomic E-state index is -0.107. The zero-order valence-corrected chi connectivity index (χ0v) is 19.6. The summed E-state index contributed by atoms with van der Waals surface area (Å²) in [5, 5.41) is 4.93. The third-order valence-electron chi connectivity index (χ3n) is 5.72. The van der Waals surface area contributed by atoms with E-state index in [1.807, 2.05) is 55.1 Å². The minimum absolute atomic E-state index is 0.107. The van der Waals surface area contributed by atoms with Crippen molar-refractivity contribution in [2.45, 2.75) is 40.8 Å². The second-order valence-corrected chi connectivity index (χ2v) is 8.68. The van der Waals surface area contributed by atoms with E-state index in [1.54, 1.807) is 6.26 Å². The molecular weight excluding hydrogens is 418 g/mol. The van der Waals surface area contributed by atoms with Gasteiger partial charge in [0.05, 0.1) is 24.9 Å². The molecule has 4 rings (SSSR count). The van der Waals surface area contributed by atoms with Crippen LogP contribution in [0.1, 0.15) is 33.6 Å². The van der Waals surface area contributed by atoms with Gasteiger partial charge in [0, 0.05) is 16.6 Å². The molecule has 0 fully saturated rings. The Kier molecular flexibility index (Phi) is 6.15. The van der Waals surface area contributed by atoms with E-state index < -0.39 is 0 Å². The fourth-order valence-corrected chi connectivity index (χ4v) is 4.12. The van der Waals surface area contributed by atoms with Crippen LogP contribution in [-0.2, 0) is 13.1 Å². The highest BCUT2D eigenvalue weighted by molar-refractivity contribution is 7.80. The summed E-state index contributed by atoms with van der Waals surface area (Å²) in [7, 11) is 0. The number of fused-ring (bicyclic) bond motifs is 1. The lowest BCUT2D eigenvalue weighted by molar-refractivity contribution is 0.359. The maximum atomic E-state index is 12.9. The average molecular weight is 446 g/mol. The maximum absolute atomic E-state index is 12.9. The number of benzene rings is 2. The van der Waals surface area contributed by atoms with Crippen molar-refractivity contribution in [3.63, 3.8) is 0 Å². The van der Waals surface area contributed by atoms with Crippen LogP contribution in [0.25, 0.3) is 10.9 Å². The Labute approximate surface area is 193 Å². The van der Waals surface area contributed by atoms with Gasteiger partial charge in [-0.15, -0.1) is 0 Å². The van der Waals surface area contributed by atoms with Gasteiger partial charge >= 0.3 is 0 Å². The van der Waals surface area contributed by atoms with Gasteiger partial charge in [0.25, 0.3) is 5.56 Å². The highest BCUT2D eigenvalue weighted by atomic mass is 32.1. The number of aromatic nitrogens is 1. The van der Waals surface area contributed by atoms with Crippen molar-refractivity contribution < 1.29 is 4.42 Å². The molecule has 0 aliphatic heterocycles. The lowest BCUT2D eigenvalue weighted by Gasteiger charge is -2.25. The fraction of sp³-hybridized carbons (Fsp3) is 0.231. The van der Waals surface area contributed by atoms with Gasteiger partial charge in [0.2, 0.25) is 0 Å². The largest absolute Gasteiger partial charge is 0.467 e. The Morgan fingerprint density at radius 2 is 1.78 bits per heavy atom. The van der Waals surface area contributed by atoms with Crippen LogP contribution in [0.4, 0.5) is 5.69 Å². The summed E-state index contributed by atoms with van der Waals surface area (Å²) in [5.41, 5.74) is 6.86. The smallest absolute Gasteiger partial charge is 0.253 e. The van der Waals surface area contributed by atoms with Crippen molar-refractivity contribution in [1.82, 2.24) is 9.88 Å². The number of nitrogens with one attached hydrogen (secondary N) is 2. The van der Waals surface area contributed by atoms with Crippen molar-refractivity contribution in [2.75, 3.05) is 5.32 Å². The zero-order chi connectivity index (χ0) is 22.8. The number of aromatic amines is 1. The molecule has 2 aromatic heterocycles. The first-order chi connectivity index (χ1) is 15.3. The van der Waals surface area contributed by atoms with E-state index in [-0.39, 0.29) is 5.56 Å². The summed E-state index contributed by atoms with van der Waals surface area (Å²) < 4.78 is 5.56. The predicted molar refractivity (Wildman–Crippen MR) is 134 cm³/mol. The highest BCUT2D eigenvalue weighted by Crippen LogP contribution is 2.22. The number of furan rings is 1. The molecule has 0 atom stereocenters. The number of H-pyrrole nitrogens is 1. The van der Waals surface area contributed by atoms with Gasteiger partial charge in [-0.3, -0.25) is 4.79 Å². The van der Waals surface area contributed by atoms with Gasteiger partial charge < -0.3 is 19.6 Å². The number of anilines is 1. The number of aryl methyl sites for hydroxylation is 4. The number of hydrogen-bond acceptors (Lipinski definition) is 3. The molecule has 2 heterocycles. The molecule has 0 radical (unpaired) electrons. The molecule has 32 heavy (non-hydrogen) atoms. The van der Waals surface area contributed by atoms with Gasteiger partial charge in [0.15, 0.2) is 5.11 Å². The third-order valence-corrected chi connectivity index (χ3v) is 6.08. The molecule has 6 heteroatoms. The van der Waals surface area contributed by atoms with E-state index in [0.29, 0.717) is 23.8 Å². The van der Waals surface area contributed by atoms with Crippen molar-refractivity contribution in [2.24, 2.45) is 0 Å². The predicted octanol–water partition coefficient (Wildman–Crippen LogP) is 5.75. The molecule has 0 unspecified atom stereocenters. The van der Waals surface area contributed by atoms with Crippen LogP contribution in [0, 0.1) is 27.7 Å². The standard InChI is InChI=1S/C26H27N3O2S/c1-16-7-10-23(19(4)12-16)27-26(32)29(15-21-6-5-11-31-21)14-20-13-22-17(2)8-9-18(3)24(22)28-25(20)30/h5-13H,14-15H2,1-4H3,(H,27,32)(H,28,30). The van der Waals surface area contributed by atoms with Crippen LogP contribution >= 0.6 is 12.2 Å². The summed E-state index contributed by atoms with van der Waals surface area (Å²) in [6.07, 6.45) is 1.64. The molecule has 0 saturated heterocycles. The first-order valence-electron chi connectivity index (χ1n) is 10.6. The maximum Gasteiger partial charge on any atom is 0.253 e. The summed E-state index contributed by atoms with van der Waals surface area (Å²) in [6, 6.07) is 16.0. The van der Waals surface area contributed by atoms with Gasteiger partial charge in [-0.1, -0.05) is 29.8 Å². The summed E-state index contributed by atoms with van der Waals surface area (Å²) >= 11 is 5.77. The lowest BCUT2D eigenvalue weighted by Crippen LogP contribution is -2.35. The van der Waals surface area contributed by atoms with E-state index in [2.05, 4.69) is 36.3 Å². The summed E-state index contributed by atoms with van der Waals surface area (Å²) in [6.45, 7) is 8.98. The highest BCUT2D eigenvalue weighted by Gasteiger charge is 2.17. The van der Waals surface area contributed by atoms with Crippen LogP contribution in [0.2, 0.25) is 0 Å². The topological polar surface area (TPSA) is 61.3 Å². The van der Waals surface area contributed by atoms with Crippen LogP contribution in [0.3, 0.4) is 0 Å². The monoisotopic (exact) mass is 445 g/mol. The van der Waals surface area contributed by atoms with Crippen molar-refractivity contribution in [1.29, 1.82) is 0 Å². The Balaban J connectivity index is 1.68. The molecule has 5 nitrogen and oxygen atoms in total. The Bertz CT molecular complexity index is 1340. The molecule has 0 bridgehead atoms. The second kappa shape index (κ2) is 9.01. The van der Waals surface area contributed by atoms with Crippen molar-refractivity contribution in [3.05, 3.63) is 98.7 Å². The average Bonchev–Trinajstić information content (AvgIpc) is 3.26. The van der Waals surface area contributed by atoms with E-state index in [1.165, 1.54) is 5.56 Å². The molecule has 2 aromatic carbocycles. The minimum Gasteiger partial charge on any atom is -0.467 e. The van der Waals surface area contributed by atoms with Crippen LogP contribution in [0.15, 0.2) is 64.0 Å². The summed E-state index contributed by atoms with van der Waals surface area (Å²) in [4.78, 5) is 18.0. The quantitative estimate of drug-likeness (QED) is 0.383. The molecule has 164 valence electrons.